The third-order valence-electron chi connectivity index (χ3n) is 3.07. The predicted molar refractivity (Wildman–Crippen MR) is 68.2 cm³/mol. The summed E-state index contributed by atoms with van der Waals surface area (Å²) < 4.78 is 0. The molecule has 0 bridgehead atoms. The van der Waals surface area contributed by atoms with E-state index in [-0.39, 0.29) is 17.9 Å². The predicted octanol–water partition coefficient (Wildman–Crippen LogP) is 0.816. The van der Waals surface area contributed by atoms with E-state index in [4.69, 9.17) is 5.73 Å². The van der Waals surface area contributed by atoms with Crippen molar-refractivity contribution >= 4 is 5.91 Å². The van der Waals surface area contributed by atoms with Gasteiger partial charge in [-0.1, -0.05) is 6.92 Å². The maximum atomic E-state index is 11.6. The van der Waals surface area contributed by atoms with Gasteiger partial charge in [-0.05, 0) is 40.8 Å². The summed E-state index contributed by atoms with van der Waals surface area (Å²) in [6.45, 7) is 9.78. The summed E-state index contributed by atoms with van der Waals surface area (Å²) in [5.41, 5.74) is 5.66. The van der Waals surface area contributed by atoms with Gasteiger partial charge in [-0.15, -0.1) is 0 Å². The molecule has 0 saturated carbocycles. The van der Waals surface area contributed by atoms with E-state index in [1.165, 1.54) is 0 Å². The van der Waals surface area contributed by atoms with E-state index in [1.807, 2.05) is 13.8 Å². The molecule has 96 valence electrons. The number of nitrogens with two attached hydrogens (primary N) is 1. The Bertz CT molecular complexity index is 204. The van der Waals surface area contributed by atoms with E-state index in [0.717, 1.165) is 19.5 Å². The summed E-state index contributed by atoms with van der Waals surface area (Å²) in [6.07, 6.45) is 0.978. The fraction of sp³-hybridized carbons (Fsp3) is 0.917. The first-order chi connectivity index (χ1) is 7.36. The molecule has 0 spiro atoms. The highest BCUT2D eigenvalue weighted by molar-refractivity contribution is 5.78. The fourth-order valence-electron chi connectivity index (χ4n) is 1.20. The van der Waals surface area contributed by atoms with Gasteiger partial charge in [-0.3, -0.25) is 4.79 Å². The van der Waals surface area contributed by atoms with Crippen LogP contribution in [0.3, 0.4) is 0 Å². The van der Waals surface area contributed by atoms with Crippen molar-refractivity contribution in [1.82, 2.24) is 10.2 Å². The zero-order valence-corrected chi connectivity index (χ0v) is 11.3. The van der Waals surface area contributed by atoms with Gasteiger partial charge in [-0.2, -0.15) is 0 Å². The second-order valence-electron chi connectivity index (χ2n) is 4.87. The molecular weight excluding hydrogens is 202 g/mol. The number of hydrogen-bond acceptors (Lipinski definition) is 3. The fourth-order valence-corrected chi connectivity index (χ4v) is 1.20. The molecule has 4 nitrogen and oxygen atoms in total. The average molecular weight is 229 g/mol. The first-order valence-electron chi connectivity index (χ1n) is 6.09. The van der Waals surface area contributed by atoms with Gasteiger partial charge >= 0.3 is 0 Å². The molecular formula is C12H27N3O. The van der Waals surface area contributed by atoms with Crippen LogP contribution in [0.25, 0.3) is 0 Å². The van der Waals surface area contributed by atoms with Gasteiger partial charge in [0.1, 0.15) is 0 Å². The van der Waals surface area contributed by atoms with Gasteiger partial charge in [-0.25, -0.2) is 0 Å². The monoisotopic (exact) mass is 229 g/mol. The van der Waals surface area contributed by atoms with Crippen LogP contribution in [0.5, 0.6) is 0 Å². The Hall–Kier alpha value is -0.610. The Morgan fingerprint density at radius 2 is 1.88 bits per heavy atom. The Labute approximate surface area is 99.6 Å². The van der Waals surface area contributed by atoms with Crippen LogP contribution in [0.4, 0.5) is 0 Å². The third kappa shape index (κ3) is 6.08. The molecule has 0 saturated heterocycles. The summed E-state index contributed by atoms with van der Waals surface area (Å²) >= 11 is 0. The molecule has 0 fully saturated rings. The van der Waals surface area contributed by atoms with Crippen LogP contribution in [0.2, 0.25) is 0 Å². The SMILES string of the molecule is CC(N)C(C)C(=O)NCCCN(C)C(C)C. The number of rotatable bonds is 7. The van der Waals surface area contributed by atoms with Crippen LogP contribution in [-0.4, -0.2) is 43.0 Å². The zero-order chi connectivity index (χ0) is 12.7. The van der Waals surface area contributed by atoms with Crippen LogP contribution in [0.15, 0.2) is 0 Å². The minimum atomic E-state index is -0.108. The Balaban J connectivity index is 3.63. The van der Waals surface area contributed by atoms with Crippen LogP contribution < -0.4 is 11.1 Å². The first-order valence-corrected chi connectivity index (χ1v) is 6.09. The van der Waals surface area contributed by atoms with Crippen molar-refractivity contribution in [2.75, 3.05) is 20.1 Å². The molecule has 0 radical (unpaired) electrons. The smallest absolute Gasteiger partial charge is 0.224 e. The number of amides is 1. The molecule has 16 heavy (non-hydrogen) atoms. The first kappa shape index (κ1) is 15.4. The van der Waals surface area contributed by atoms with Gasteiger partial charge in [0.25, 0.3) is 0 Å². The second kappa shape index (κ2) is 7.63. The second-order valence-corrected chi connectivity index (χ2v) is 4.87. The highest BCUT2D eigenvalue weighted by Gasteiger charge is 2.16. The van der Waals surface area contributed by atoms with Crippen molar-refractivity contribution in [3.63, 3.8) is 0 Å². The van der Waals surface area contributed by atoms with Gasteiger partial charge < -0.3 is 16.0 Å². The van der Waals surface area contributed by atoms with Crippen molar-refractivity contribution in [2.24, 2.45) is 11.7 Å². The normalized spacial score (nSPS) is 15.2. The summed E-state index contributed by atoms with van der Waals surface area (Å²) in [5, 5.41) is 2.91. The topological polar surface area (TPSA) is 58.4 Å². The quantitative estimate of drug-likeness (QED) is 0.635. The maximum Gasteiger partial charge on any atom is 0.224 e. The number of nitrogens with one attached hydrogen (secondary N) is 1. The van der Waals surface area contributed by atoms with Crippen LogP contribution in [-0.2, 0) is 4.79 Å². The molecule has 1 amide bonds. The van der Waals surface area contributed by atoms with E-state index in [9.17, 15) is 4.79 Å². The summed E-state index contributed by atoms with van der Waals surface area (Å²) in [4.78, 5) is 13.8. The molecule has 0 rings (SSSR count). The van der Waals surface area contributed by atoms with Crippen molar-refractivity contribution in [1.29, 1.82) is 0 Å². The van der Waals surface area contributed by atoms with E-state index < -0.39 is 0 Å². The molecule has 2 unspecified atom stereocenters. The number of nitrogens with zero attached hydrogens (tertiary/aromatic N) is 1. The molecule has 4 heteroatoms. The molecule has 0 aromatic heterocycles. The minimum absolute atomic E-state index is 0.0576. The summed E-state index contributed by atoms with van der Waals surface area (Å²) in [6, 6.07) is 0.469. The number of carbonyl (C=O) groups is 1. The molecule has 2 atom stereocenters. The molecule has 0 aromatic rings. The lowest BCUT2D eigenvalue weighted by Crippen LogP contribution is -2.39. The lowest BCUT2D eigenvalue weighted by atomic mass is 10.0. The van der Waals surface area contributed by atoms with E-state index in [1.54, 1.807) is 0 Å². The van der Waals surface area contributed by atoms with Gasteiger partial charge in [0, 0.05) is 24.5 Å². The van der Waals surface area contributed by atoms with Crippen molar-refractivity contribution in [2.45, 2.75) is 46.2 Å². The third-order valence-corrected chi connectivity index (χ3v) is 3.07. The molecule has 0 aliphatic rings. The summed E-state index contributed by atoms with van der Waals surface area (Å²) in [5.74, 6) is -0.0509. The minimum Gasteiger partial charge on any atom is -0.356 e. The van der Waals surface area contributed by atoms with Crippen LogP contribution in [0, 0.1) is 5.92 Å². The van der Waals surface area contributed by atoms with E-state index in [0.29, 0.717) is 6.04 Å². The van der Waals surface area contributed by atoms with Gasteiger partial charge in [0.05, 0.1) is 0 Å². The molecule has 3 N–H and O–H groups in total. The molecule has 0 aliphatic heterocycles. The Morgan fingerprint density at radius 3 is 2.31 bits per heavy atom. The van der Waals surface area contributed by atoms with Crippen LogP contribution >= 0.6 is 0 Å². The van der Waals surface area contributed by atoms with Gasteiger partial charge in [0.2, 0.25) is 5.91 Å². The Kier molecular flexibility index (Phi) is 7.34. The zero-order valence-electron chi connectivity index (χ0n) is 11.3. The molecule has 0 heterocycles. The van der Waals surface area contributed by atoms with Gasteiger partial charge in [0.15, 0.2) is 0 Å². The lowest BCUT2D eigenvalue weighted by Gasteiger charge is -2.21. The van der Waals surface area contributed by atoms with E-state index >= 15 is 0 Å². The maximum absolute atomic E-state index is 11.6. The highest BCUT2D eigenvalue weighted by Crippen LogP contribution is 1.99. The average Bonchev–Trinajstić information content (AvgIpc) is 2.22. The van der Waals surface area contributed by atoms with Crippen LogP contribution in [0.1, 0.15) is 34.1 Å². The molecule has 0 aliphatic carbocycles. The van der Waals surface area contributed by atoms with Crippen molar-refractivity contribution in [3.05, 3.63) is 0 Å². The van der Waals surface area contributed by atoms with E-state index in [2.05, 4.69) is 31.1 Å². The van der Waals surface area contributed by atoms with Crippen molar-refractivity contribution in [3.8, 4) is 0 Å². The lowest BCUT2D eigenvalue weighted by molar-refractivity contribution is -0.124. The van der Waals surface area contributed by atoms with Crippen molar-refractivity contribution < 1.29 is 4.79 Å². The standard InChI is InChI=1S/C12H27N3O/c1-9(2)15(5)8-6-7-14-12(16)10(3)11(4)13/h9-11H,6-8,13H2,1-5H3,(H,14,16). The molecule has 0 aromatic carbocycles. The largest absolute Gasteiger partial charge is 0.356 e. The number of hydrogen-bond donors (Lipinski definition) is 2. The highest BCUT2D eigenvalue weighted by atomic mass is 16.1. The summed E-state index contributed by atoms with van der Waals surface area (Å²) in [7, 11) is 2.09. The number of carbonyl (C=O) groups excluding carboxylic acids is 1. The Morgan fingerprint density at radius 1 is 1.31 bits per heavy atom.